The van der Waals surface area contributed by atoms with Crippen molar-refractivity contribution in [2.75, 3.05) is 19.7 Å². The molecule has 20 heavy (non-hydrogen) atoms. The number of hydrogen-bond donors (Lipinski definition) is 1. The molecule has 0 saturated carbocycles. The molecule has 2 rings (SSSR count). The van der Waals surface area contributed by atoms with Gasteiger partial charge in [-0.1, -0.05) is 26.0 Å². The summed E-state index contributed by atoms with van der Waals surface area (Å²) in [6.45, 7) is 7.26. The van der Waals surface area contributed by atoms with Gasteiger partial charge in [-0.25, -0.2) is 15.0 Å². The van der Waals surface area contributed by atoms with Crippen molar-refractivity contribution < 1.29 is 19.0 Å². The van der Waals surface area contributed by atoms with Crippen LogP contribution >= 0.6 is 0 Å². The van der Waals surface area contributed by atoms with Gasteiger partial charge in [-0.3, -0.25) is 0 Å². The predicted octanol–water partition coefficient (Wildman–Crippen LogP) is 2.16. The fourth-order valence-corrected chi connectivity index (χ4v) is 2.13. The van der Waals surface area contributed by atoms with Crippen molar-refractivity contribution in [3.8, 4) is 11.5 Å². The van der Waals surface area contributed by atoms with Gasteiger partial charge in [-0.05, 0) is 19.1 Å². The van der Waals surface area contributed by atoms with Gasteiger partial charge in [0, 0.05) is 13.1 Å². The molecule has 1 heterocycles. The first-order valence-electron chi connectivity index (χ1n) is 6.82. The van der Waals surface area contributed by atoms with Gasteiger partial charge in [-0.2, -0.15) is 0 Å². The van der Waals surface area contributed by atoms with Gasteiger partial charge in [0.25, 0.3) is 0 Å². The number of benzene rings is 1. The molecule has 0 saturated heterocycles. The number of hydrogen-bond acceptors (Lipinski definition) is 5. The summed E-state index contributed by atoms with van der Waals surface area (Å²) < 4.78 is 16.6. The molecular formula is C14H20N2O4. The zero-order chi connectivity index (χ0) is 14.6. The van der Waals surface area contributed by atoms with E-state index >= 15 is 0 Å². The first-order chi connectivity index (χ1) is 9.65. The Balaban J connectivity index is 2.26. The molecule has 6 nitrogen and oxygen atoms in total. The van der Waals surface area contributed by atoms with E-state index < -0.39 is 12.1 Å². The zero-order valence-corrected chi connectivity index (χ0v) is 12.0. The summed E-state index contributed by atoms with van der Waals surface area (Å²) >= 11 is 0. The molecule has 1 aromatic rings. The predicted molar refractivity (Wildman–Crippen MR) is 73.5 cm³/mol. The standard InChI is InChI=1S/C14H20N2O4/c1-4-16(5-2)14(15-13(17)18-6-3)19-11-9-7-8-10-12(11)20-14/h7-10H,4-6H2,1-3H3,(H,15,17). The molecule has 1 N–H and O–H groups in total. The Morgan fingerprint density at radius 3 is 2.20 bits per heavy atom. The second kappa shape index (κ2) is 6.00. The Kier molecular flexibility index (Phi) is 4.34. The average molecular weight is 280 g/mol. The Bertz CT molecular complexity index is 449. The minimum absolute atomic E-state index is 0.285. The van der Waals surface area contributed by atoms with Crippen molar-refractivity contribution in [1.29, 1.82) is 0 Å². The van der Waals surface area contributed by atoms with Gasteiger partial charge in [0.05, 0.1) is 6.61 Å². The van der Waals surface area contributed by atoms with Crippen LogP contribution in [0.3, 0.4) is 0 Å². The normalized spacial score (nSPS) is 15.2. The molecule has 0 spiro atoms. The number of carbonyl (C=O) groups is 1. The van der Waals surface area contributed by atoms with E-state index in [1.807, 2.05) is 30.9 Å². The molecule has 0 bridgehead atoms. The Morgan fingerprint density at radius 2 is 1.75 bits per heavy atom. The van der Waals surface area contributed by atoms with Crippen LogP contribution in [0.15, 0.2) is 24.3 Å². The SMILES string of the molecule is CCOC(=O)NC1(N(CC)CC)Oc2ccccc2O1. The van der Waals surface area contributed by atoms with Crippen LogP contribution in [0.5, 0.6) is 11.5 Å². The number of ether oxygens (including phenoxy) is 3. The van der Waals surface area contributed by atoms with Crippen LogP contribution in [-0.2, 0) is 4.74 Å². The lowest BCUT2D eigenvalue weighted by Gasteiger charge is -2.36. The largest absolute Gasteiger partial charge is 0.450 e. The minimum atomic E-state index is -1.35. The summed E-state index contributed by atoms with van der Waals surface area (Å²) in [5.74, 6) is 1.19. The highest BCUT2D eigenvalue weighted by Crippen LogP contribution is 2.39. The van der Waals surface area contributed by atoms with Gasteiger partial charge in [0.15, 0.2) is 11.5 Å². The first-order valence-corrected chi connectivity index (χ1v) is 6.82. The lowest BCUT2D eigenvalue weighted by atomic mass is 10.3. The summed E-state index contributed by atoms with van der Waals surface area (Å²) in [6.07, 6.45) is -0.577. The average Bonchev–Trinajstić information content (AvgIpc) is 2.78. The minimum Gasteiger partial charge on any atom is -0.450 e. The van der Waals surface area contributed by atoms with Crippen molar-refractivity contribution in [3.63, 3.8) is 0 Å². The first kappa shape index (κ1) is 14.5. The van der Waals surface area contributed by atoms with E-state index in [0.29, 0.717) is 24.6 Å². The Morgan fingerprint density at radius 1 is 1.20 bits per heavy atom. The van der Waals surface area contributed by atoms with Gasteiger partial charge < -0.3 is 14.2 Å². The lowest BCUT2D eigenvalue weighted by Crippen LogP contribution is -2.66. The molecule has 1 aliphatic rings. The summed E-state index contributed by atoms with van der Waals surface area (Å²) in [7, 11) is 0. The van der Waals surface area contributed by atoms with Crippen LogP contribution in [0.4, 0.5) is 4.79 Å². The molecule has 0 radical (unpaired) electrons. The summed E-state index contributed by atoms with van der Waals surface area (Å²) in [6, 6.07) is 5.95. The molecule has 0 fully saturated rings. The third-order valence-corrected chi connectivity index (χ3v) is 3.06. The van der Waals surface area contributed by atoms with Crippen LogP contribution in [0, 0.1) is 0 Å². The van der Waals surface area contributed by atoms with Gasteiger partial charge >= 0.3 is 12.1 Å². The zero-order valence-electron chi connectivity index (χ0n) is 12.0. The summed E-state index contributed by atoms with van der Waals surface area (Å²) in [5, 5.41) is 2.66. The second-order valence-electron chi connectivity index (χ2n) is 4.25. The van der Waals surface area contributed by atoms with Crippen molar-refractivity contribution in [1.82, 2.24) is 10.2 Å². The van der Waals surface area contributed by atoms with E-state index in [1.165, 1.54) is 0 Å². The number of rotatable bonds is 5. The Labute approximate surface area is 118 Å². The van der Waals surface area contributed by atoms with Crippen molar-refractivity contribution in [2.45, 2.75) is 26.8 Å². The third-order valence-electron chi connectivity index (χ3n) is 3.06. The van der Waals surface area contributed by atoms with Gasteiger partial charge in [-0.15, -0.1) is 0 Å². The van der Waals surface area contributed by atoms with Crippen LogP contribution in [0.25, 0.3) is 0 Å². The van der Waals surface area contributed by atoms with E-state index in [0.717, 1.165) is 0 Å². The van der Waals surface area contributed by atoms with Crippen molar-refractivity contribution in [3.05, 3.63) is 24.3 Å². The molecule has 110 valence electrons. The fourth-order valence-electron chi connectivity index (χ4n) is 2.13. The molecule has 1 aromatic carbocycles. The molecule has 6 heteroatoms. The maximum Gasteiger partial charge on any atom is 0.414 e. The number of alkyl carbamates (subject to hydrolysis) is 1. The summed E-state index contributed by atoms with van der Waals surface area (Å²) in [5.41, 5.74) is 0. The van der Waals surface area contributed by atoms with E-state index in [9.17, 15) is 4.79 Å². The monoisotopic (exact) mass is 280 g/mol. The van der Waals surface area contributed by atoms with Crippen LogP contribution in [0.1, 0.15) is 20.8 Å². The van der Waals surface area contributed by atoms with Gasteiger partial charge in [0.2, 0.25) is 0 Å². The smallest absolute Gasteiger partial charge is 0.414 e. The van der Waals surface area contributed by atoms with Crippen LogP contribution in [0.2, 0.25) is 0 Å². The highest BCUT2D eigenvalue weighted by molar-refractivity contribution is 5.68. The molecular weight excluding hydrogens is 260 g/mol. The highest BCUT2D eigenvalue weighted by Gasteiger charge is 2.48. The number of para-hydroxylation sites is 2. The molecule has 0 unspecified atom stereocenters. The number of nitrogens with one attached hydrogen (secondary N) is 1. The number of carbonyl (C=O) groups excluding carboxylic acids is 1. The van der Waals surface area contributed by atoms with E-state index in [4.69, 9.17) is 14.2 Å². The lowest BCUT2D eigenvalue weighted by molar-refractivity contribution is -0.214. The number of amides is 1. The highest BCUT2D eigenvalue weighted by atomic mass is 16.8. The van der Waals surface area contributed by atoms with E-state index in [2.05, 4.69) is 5.32 Å². The number of fused-ring (bicyclic) bond motifs is 1. The second-order valence-corrected chi connectivity index (χ2v) is 4.25. The summed E-state index contributed by atoms with van der Waals surface area (Å²) in [4.78, 5) is 13.6. The maximum absolute atomic E-state index is 11.8. The molecule has 1 aliphatic heterocycles. The van der Waals surface area contributed by atoms with Crippen LogP contribution < -0.4 is 14.8 Å². The molecule has 1 amide bonds. The van der Waals surface area contributed by atoms with Gasteiger partial charge in [0.1, 0.15) is 0 Å². The maximum atomic E-state index is 11.8. The molecule has 0 aromatic heterocycles. The Hall–Kier alpha value is -1.95. The number of nitrogens with zero attached hydrogens (tertiary/aromatic N) is 1. The van der Waals surface area contributed by atoms with E-state index in [-0.39, 0.29) is 6.61 Å². The quantitative estimate of drug-likeness (QED) is 0.837. The third kappa shape index (κ3) is 2.65. The van der Waals surface area contributed by atoms with E-state index in [1.54, 1.807) is 19.1 Å². The molecule has 0 atom stereocenters. The fraction of sp³-hybridized carbons (Fsp3) is 0.500. The van der Waals surface area contributed by atoms with Crippen LogP contribution in [-0.4, -0.2) is 36.7 Å². The topological polar surface area (TPSA) is 60.0 Å². The van der Waals surface area contributed by atoms with Crippen molar-refractivity contribution >= 4 is 6.09 Å². The van der Waals surface area contributed by atoms with Crippen molar-refractivity contribution in [2.24, 2.45) is 0 Å². The molecule has 0 aliphatic carbocycles.